The number of rotatable bonds is 4. The zero-order valence-corrected chi connectivity index (χ0v) is 18.5. The number of imide groups is 1. The van der Waals surface area contributed by atoms with Gasteiger partial charge in [0.15, 0.2) is 0 Å². The minimum atomic E-state index is -0.392. The van der Waals surface area contributed by atoms with Crippen molar-refractivity contribution in [1.29, 1.82) is 0 Å². The van der Waals surface area contributed by atoms with Gasteiger partial charge in [-0.1, -0.05) is 19.3 Å². The molecule has 2 aromatic heterocycles. The van der Waals surface area contributed by atoms with Crippen LogP contribution in [0.1, 0.15) is 56.9 Å². The summed E-state index contributed by atoms with van der Waals surface area (Å²) in [5.41, 5.74) is 2.81. The number of piperidine rings is 1. The van der Waals surface area contributed by atoms with Crippen molar-refractivity contribution >= 4 is 29.0 Å². The van der Waals surface area contributed by atoms with E-state index in [4.69, 9.17) is 0 Å². The molecule has 3 fully saturated rings. The maximum Gasteiger partial charge on any atom is 0.328 e. The van der Waals surface area contributed by atoms with Gasteiger partial charge in [-0.2, -0.15) is 5.10 Å². The maximum atomic E-state index is 12.8. The zero-order valence-electron chi connectivity index (χ0n) is 18.5. The van der Waals surface area contributed by atoms with Crippen molar-refractivity contribution in [1.82, 2.24) is 19.8 Å². The van der Waals surface area contributed by atoms with Gasteiger partial charge in [-0.25, -0.2) is 9.31 Å². The molecule has 0 atom stereocenters. The van der Waals surface area contributed by atoms with Crippen LogP contribution in [-0.4, -0.2) is 52.0 Å². The number of pyridine rings is 1. The van der Waals surface area contributed by atoms with Crippen molar-refractivity contribution in [2.75, 3.05) is 24.5 Å². The zero-order chi connectivity index (χ0) is 22.1. The van der Waals surface area contributed by atoms with Crippen molar-refractivity contribution in [2.45, 2.75) is 57.8 Å². The van der Waals surface area contributed by atoms with Crippen molar-refractivity contribution < 1.29 is 14.4 Å². The first-order valence-corrected chi connectivity index (χ1v) is 11.9. The van der Waals surface area contributed by atoms with Gasteiger partial charge in [-0.3, -0.25) is 19.8 Å². The SMILES string of the molecule is O=C1CCN(c2cnn3ccc(CC4CCN(C(=O)C5CCCCC5)CC4)cc23)C(=O)N1. The first-order chi connectivity index (χ1) is 15.6. The van der Waals surface area contributed by atoms with Crippen LogP contribution in [0.2, 0.25) is 0 Å². The summed E-state index contributed by atoms with van der Waals surface area (Å²) >= 11 is 0. The molecule has 0 radical (unpaired) electrons. The van der Waals surface area contributed by atoms with Crippen molar-refractivity contribution in [3.05, 3.63) is 30.1 Å². The number of fused-ring (bicyclic) bond motifs is 1. The van der Waals surface area contributed by atoms with Crippen LogP contribution in [0.5, 0.6) is 0 Å². The highest BCUT2D eigenvalue weighted by Crippen LogP contribution is 2.30. The quantitative estimate of drug-likeness (QED) is 0.796. The van der Waals surface area contributed by atoms with E-state index in [2.05, 4.69) is 27.4 Å². The lowest BCUT2D eigenvalue weighted by Gasteiger charge is -2.35. The van der Waals surface area contributed by atoms with Crippen LogP contribution in [0.25, 0.3) is 5.52 Å². The fraction of sp³-hybridized carbons (Fsp3) is 0.583. The lowest BCUT2D eigenvalue weighted by Crippen LogP contribution is -2.49. The van der Waals surface area contributed by atoms with Crippen LogP contribution < -0.4 is 10.2 Å². The number of urea groups is 1. The Hall–Kier alpha value is -2.90. The van der Waals surface area contributed by atoms with E-state index in [1.807, 2.05) is 6.20 Å². The number of likely N-dealkylation sites (tertiary alicyclic amines) is 1. The number of nitrogens with one attached hydrogen (secondary N) is 1. The largest absolute Gasteiger partial charge is 0.342 e. The molecule has 0 bridgehead atoms. The molecule has 0 spiro atoms. The third-order valence-electron chi connectivity index (χ3n) is 7.32. The molecule has 1 saturated carbocycles. The third kappa shape index (κ3) is 4.23. The Labute approximate surface area is 187 Å². The van der Waals surface area contributed by atoms with Gasteiger partial charge in [0.05, 0.1) is 17.4 Å². The predicted molar refractivity (Wildman–Crippen MR) is 120 cm³/mol. The van der Waals surface area contributed by atoms with E-state index in [0.29, 0.717) is 24.8 Å². The van der Waals surface area contributed by atoms with Crippen LogP contribution in [0, 0.1) is 11.8 Å². The summed E-state index contributed by atoms with van der Waals surface area (Å²) in [5, 5.41) is 6.75. The van der Waals surface area contributed by atoms with Crippen LogP contribution in [0.15, 0.2) is 24.5 Å². The number of amides is 4. The number of hydrogen-bond donors (Lipinski definition) is 1. The Bertz CT molecular complexity index is 1020. The molecule has 4 amide bonds. The molecule has 0 aromatic carbocycles. The maximum absolute atomic E-state index is 12.8. The summed E-state index contributed by atoms with van der Waals surface area (Å²) in [6.45, 7) is 2.09. The molecule has 8 nitrogen and oxygen atoms in total. The molecular weight excluding hydrogens is 406 g/mol. The van der Waals surface area contributed by atoms with Gasteiger partial charge < -0.3 is 4.90 Å². The van der Waals surface area contributed by atoms with Gasteiger partial charge in [-0.05, 0) is 55.7 Å². The molecule has 0 unspecified atom stereocenters. The second kappa shape index (κ2) is 8.92. The van der Waals surface area contributed by atoms with Crippen LogP contribution in [-0.2, 0) is 16.0 Å². The monoisotopic (exact) mass is 437 g/mol. The number of carbonyl (C=O) groups is 3. The Morgan fingerprint density at radius 1 is 1.06 bits per heavy atom. The molecule has 5 rings (SSSR count). The number of nitrogens with zero attached hydrogens (tertiary/aromatic N) is 4. The Morgan fingerprint density at radius 2 is 1.84 bits per heavy atom. The molecule has 2 aliphatic heterocycles. The van der Waals surface area contributed by atoms with Crippen molar-refractivity contribution in [3.8, 4) is 0 Å². The first-order valence-electron chi connectivity index (χ1n) is 11.9. The summed E-state index contributed by atoms with van der Waals surface area (Å²) in [6, 6.07) is 3.80. The highest BCUT2D eigenvalue weighted by molar-refractivity contribution is 6.07. The van der Waals surface area contributed by atoms with Gasteiger partial charge in [0.2, 0.25) is 11.8 Å². The molecule has 170 valence electrons. The molecule has 4 heterocycles. The van der Waals surface area contributed by atoms with E-state index in [1.54, 1.807) is 15.6 Å². The minimum Gasteiger partial charge on any atom is -0.342 e. The van der Waals surface area contributed by atoms with Gasteiger partial charge in [0.1, 0.15) is 0 Å². The van der Waals surface area contributed by atoms with Crippen LogP contribution in [0.4, 0.5) is 10.5 Å². The summed E-state index contributed by atoms with van der Waals surface area (Å²) in [6.07, 6.45) is 12.7. The van der Waals surface area contributed by atoms with Crippen molar-refractivity contribution in [2.24, 2.45) is 11.8 Å². The van der Waals surface area contributed by atoms with Gasteiger partial charge >= 0.3 is 6.03 Å². The molecular formula is C24H31N5O3. The lowest BCUT2D eigenvalue weighted by molar-refractivity contribution is -0.138. The highest BCUT2D eigenvalue weighted by atomic mass is 16.2. The molecule has 2 aromatic rings. The van der Waals surface area contributed by atoms with Gasteiger partial charge in [0, 0.05) is 38.2 Å². The number of carbonyl (C=O) groups excluding carboxylic acids is 3. The number of hydrogen-bond acceptors (Lipinski definition) is 4. The molecule has 1 aliphatic carbocycles. The average molecular weight is 438 g/mol. The molecule has 1 N–H and O–H groups in total. The van der Waals surface area contributed by atoms with E-state index in [0.717, 1.165) is 56.4 Å². The van der Waals surface area contributed by atoms with Crippen LogP contribution in [0.3, 0.4) is 0 Å². The van der Waals surface area contributed by atoms with E-state index < -0.39 is 6.03 Å². The Kier molecular flexibility index (Phi) is 5.85. The summed E-state index contributed by atoms with van der Waals surface area (Å²) in [4.78, 5) is 40.3. The first kappa shape index (κ1) is 21.0. The predicted octanol–water partition coefficient (Wildman–Crippen LogP) is 3.14. The van der Waals surface area contributed by atoms with Crippen molar-refractivity contribution in [3.63, 3.8) is 0 Å². The summed E-state index contributed by atoms with van der Waals surface area (Å²) in [7, 11) is 0. The lowest BCUT2D eigenvalue weighted by atomic mass is 9.86. The third-order valence-corrected chi connectivity index (χ3v) is 7.32. The molecule has 8 heteroatoms. The smallest absolute Gasteiger partial charge is 0.328 e. The van der Waals surface area contributed by atoms with E-state index in [-0.39, 0.29) is 11.8 Å². The molecule has 2 saturated heterocycles. The Morgan fingerprint density at radius 3 is 2.59 bits per heavy atom. The summed E-state index contributed by atoms with van der Waals surface area (Å²) < 4.78 is 1.77. The highest BCUT2D eigenvalue weighted by Gasteiger charge is 2.30. The minimum absolute atomic E-state index is 0.239. The second-order valence-electron chi connectivity index (χ2n) is 9.46. The average Bonchev–Trinajstić information content (AvgIpc) is 3.23. The van der Waals surface area contributed by atoms with Gasteiger partial charge in [0.25, 0.3) is 0 Å². The normalized spacial score (nSPS) is 21.2. The number of aromatic nitrogens is 2. The summed E-state index contributed by atoms with van der Waals surface area (Å²) in [5.74, 6) is 0.948. The Balaban J connectivity index is 1.23. The van der Waals surface area contributed by atoms with E-state index >= 15 is 0 Å². The van der Waals surface area contributed by atoms with Gasteiger partial charge in [-0.15, -0.1) is 0 Å². The fourth-order valence-corrected chi connectivity index (χ4v) is 5.44. The standard InChI is InChI=1S/C24H31N5O3/c30-22-9-12-28(24(32)26-22)21-16-25-29-13-8-18(15-20(21)29)14-17-6-10-27(11-7-17)23(31)19-4-2-1-3-5-19/h8,13,15-17,19H,1-7,9-12,14H2,(H,26,30,32). The van der Waals surface area contributed by atoms with E-state index in [1.165, 1.54) is 24.8 Å². The second-order valence-corrected chi connectivity index (χ2v) is 9.46. The molecule has 32 heavy (non-hydrogen) atoms. The topological polar surface area (TPSA) is 87.0 Å². The number of anilines is 1. The van der Waals surface area contributed by atoms with Crippen LogP contribution >= 0.6 is 0 Å². The fourth-order valence-electron chi connectivity index (χ4n) is 5.44. The molecule has 3 aliphatic rings. The van der Waals surface area contributed by atoms with E-state index in [9.17, 15) is 14.4 Å².